The van der Waals surface area contributed by atoms with Crippen LogP contribution in [0.2, 0.25) is 0 Å². The molecule has 21 heavy (non-hydrogen) atoms. The fourth-order valence-electron chi connectivity index (χ4n) is 2.31. The maximum atomic E-state index is 11.7. The third kappa shape index (κ3) is 3.71. The molecule has 0 radical (unpaired) electrons. The van der Waals surface area contributed by atoms with Gasteiger partial charge in [-0.15, -0.1) is 22.7 Å². The molecule has 1 aliphatic rings. The van der Waals surface area contributed by atoms with Crippen LogP contribution in [0.25, 0.3) is 0 Å². The Bertz CT molecular complexity index is 613. The fourth-order valence-corrected chi connectivity index (χ4v) is 3.86. The van der Waals surface area contributed by atoms with Crippen molar-refractivity contribution in [2.24, 2.45) is 5.10 Å². The number of carbonyl (C=O) groups is 1. The number of rotatable bonds is 4. The highest BCUT2D eigenvalue weighted by atomic mass is 32.1. The van der Waals surface area contributed by atoms with Gasteiger partial charge >= 0.3 is 0 Å². The van der Waals surface area contributed by atoms with Crippen molar-refractivity contribution in [2.45, 2.75) is 19.3 Å². The quantitative estimate of drug-likeness (QED) is 0.692. The topological polar surface area (TPSA) is 44.7 Å². The van der Waals surface area contributed by atoms with Crippen molar-refractivity contribution in [1.82, 2.24) is 5.43 Å². The van der Waals surface area contributed by atoms with Gasteiger partial charge in [-0.05, 0) is 42.8 Å². The zero-order valence-corrected chi connectivity index (χ0v) is 13.3. The molecule has 1 saturated heterocycles. The third-order valence-corrected chi connectivity index (χ3v) is 5.33. The van der Waals surface area contributed by atoms with Crippen LogP contribution in [0.3, 0.4) is 0 Å². The van der Waals surface area contributed by atoms with Gasteiger partial charge in [0.2, 0.25) is 0 Å². The van der Waals surface area contributed by atoms with Crippen LogP contribution in [-0.4, -0.2) is 25.2 Å². The minimum absolute atomic E-state index is 0.158. The second-order valence-electron chi connectivity index (χ2n) is 4.90. The zero-order chi connectivity index (χ0) is 14.5. The summed E-state index contributed by atoms with van der Waals surface area (Å²) in [5.41, 5.74) is 2.56. The number of hydrazone groups is 1. The maximum Gasteiger partial charge on any atom is 0.281 e. The molecule has 2 aromatic heterocycles. The van der Waals surface area contributed by atoms with Crippen molar-refractivity contribution in [3.63, 3.8) is 0 Å². The first-order valence-corrected chi connectivity index (χ1v) is 8.74. The fraction of sp³-hybridized carbons (Fsp3) is 0.333. The van der Waals surface area contributed by atoms with Crippen LogP contribution in [0.5, 0.6) is 0 Å². The lowest BCUT2D eigenvalue weighted by Gasteiger charge is -2.27. The molecule has 0 aliphatic carbocycles. The number of hydrogen-bond acceptors (Lipinski definition) is 5. The van der Waals surface area contributed by atoms with E-state index in [9.17, 15) is 4.79 Å². The molecule has 1 N–H and O–H groups in total. The molecule has 6 heteroatoms. The number of nitrogens with one attached hydrogen (secondary N) is 1. The Hall–Kier alpha value is -1.66. The second-order valence-corrected chi connectivity index (χ2v) is 6.94. The van der Waals surface area contributed by atoms with E-state index in [1.807, 2.05) is 11.4 Å². The molecule has 110 valence electrons. The summed E-state index contributed by atoms with van der Waals surface area (Å²) in [5.74, 6) is -0.158. The summed E-state index contributed by atoms with van der Waals surface area (Å²) in [6, 6.07) is 7.83. The zero-order valence-electron chi connectivity index (χ0n) is 11.6. The lowest BCUT2D eigenvalue weighted by atomic mass is 10.1. The van der Waals surface area contributed by atoms with Crippen LogP contribution in [0.15, 0.2) is 34.7 Å². The summed E-state index contributed by atoms with van der Waals surface area (Å²) >= 11 is 3.13. The molecular weight excluding hydrogens is 302 g/mol. The van der Waals surface area contributed by atoms with E-state index in [2.05, 4.69) is 27.6 Å². The van der Waals surface area contributed by atoms with Crippen LogP contribution in [0, 0.1) is 0 Å². The lowest BCUT2D eigenvalue weighted by Crippen LogP contribution is -2.28. The minimum Gasteiger partial charge on any atom is -0.363 e. The highest BCUT2D eigenvalue weighted by Gasteiger charge is 2.12. The Labute approximate surface area is 132 Å². The van der Waals surface area contributed by atoms with Gasteiger partial charge in [-0.1, -0.05) is 6.07 Å². The molecule has 0 saturated carbocycles. The van der Waals surface area contributed by atoms with Crippen LogP contribution in [0.4, 0.5) is 5.00 Å². The van der Waals surface area contributed by atoms with Crippen LogP contribution >= 0.6 is 22.7 Å². The van der Waals surface area contributed by atoms with E-state index < -0.39 is 0 Å². The normalized spacial score (nSPS) is 15.5. The van der Waals surface area contributed by atoms with Crippen molar-refractivity contribution in [1.29, 1.82) is 0 Å². The summed E-state index contributed by atoms with van der Waals surface area (Å²) in [6.45, 7) is 2.29. The van der Waals surface area contributed by atoms with Crippen molar-refractivity contribution < 1.29 is 4.79 Å². The van der Waals surface area contributed by atoms with Gasteiger partial charge in [0.05, 0.1) is 16.1 Å². The Morgan fingerprint density at radius 3 is 2.86 bits per heavy atom. The minimum atomic E-state index is -0.158. The monoisotopic (exact) mass is 319 g/mol. The van der Waals surface area contributed by atoms with Crippen LogP contribution in [-0.2, 0) is 0 Å². The first-order valence-electron chi connectivity index (χ1n) is 7.04. The summed E-state index contributed by atoms with van der Waals surface area (Å²) in [4.78, 5) is 15.9. The molecule has 1 fully saturated rings. The first kappa shape index (κ1) is 14.3. The van der Waals surface area contributed by atoms with Crippen LogP contribution in [0.1, 0.15) is 33.8 Å². The standard InChI is InChI=1S/C15H17N3OS2/c19-15(13-5-4-10-20-13)17-16-11-12-6-7-14(21-12)18-8-2-1-3-9-18/h4-7,10-11H,1-3,8-9H2,(H,17,19)/b16-11-. The molecule has 3 rings (SSSR count). The average Bonchev–Trinajstić information content (AvgIpc) is 3.20. The van der Waals surface area contributed by atoms with E-state index in [-0.39, 0.29) is 5.91 Å². The molecule has 0 spiro atoms. The molecule has 0 bridgehead atoms. The van der Waals surface area contributed by atoms with Gasteiger partial charge in [0, 0.05) is 18.0 Å². The Morgan fingerprint density at radius 2 is 2.10 bits per heavy atom. The van der Waals surface area contributed by atoms with E-state index in [4.69, 9.17) is 0 Å². The van der Waals surface area contributed by atoms with Gasteiger partial charge in [-0.2, -0.15) is 5.10 Å². The van der Waals surface area contributed by atoms with E-state index >= 15 is 0 Å². The van der Waals surface area contributed by atoms with Gasteiger partial charge in [0.25, 0.3) is 5.91 Å². The second kappa shape index (κ2) is 6.87. The van der Waals surface area contributed by atoms with Gasteiger partial charge in [0.15, 0.2) is 0 Å². The SMILES string of the molecule is O=C(N/N=C\c1ccc(N2CCCCC2)s1)c1cccs1. The molecule has 1 amide bonds. The third-order valence-electron chi connectivity index (χ3n) is 3.38. The number of nitrogens with zero attached hydrogens (tertiary/aromatic N) is 2. The van der Waals surface area contributed by atoms with Crippen molar-refractivity contribution >= 4 is 39.8 Å². The molecule has 0 atom stereocenters. The molecule has 2 aromatic rings. The predicted octanol–water partition coefficient (Wildman–Crippen LogP) is 3.56. The first-order chi connectivity index (χ1) is 10.3. The van der Waals surface area contributed by atoms with Gasteiger partial charge < -0.3 is 4.90 Å². The number of amides is 1. The number of anilines is 1. The summed E-state index contributed by atoms with van der Waals surface area (Å²) in [6.07, 6.45) is 5.60. The van der Waals surface area contributed by atoms with Crippen molar-refractivity contribution in [2.75, 3.05) is 18.0 Å². The highest BCUT2D eigenvalue weighted by Crippen LogP contribution is 2.27. The molecule has 4 nitrogen and oxygen atoms in total. The number of carbonyl (C=O) groups excluding carboxylic acids is 1. The van der Waals surface area contributed by atoms with E-state index in [1.54, 1.807) is 23.6 Å². The Balaban J connectivity index is 1.56. The number of piperidine rings is 1. The van der Waals surface area contributed by atoms with E-state index in [1.165, 1.54) is 35.6 Å². The largest absolute Gasteiger partial charge is 0.363 e. The molecular formula is C15H17N3OS2. The molecule has 0 unspecified atom stereocenters. The Kier molecular flexibility index (Phi) is 4.67. The van der Waals surface area contributed by atoms with E-state index in [0.29, 0.717) is 4.88 Å². The average molecular weight is 319 g/mol. The summed E-state index contributed by atoms with van der Waals surface area (Å²) in [5, 5.41) is 7.20. The lowest BCUT2D eigenvalue weighted by molar-refractivity contribution is 0.0959. The molecule has 3 heterocycles. The number of hydrogen-bond donors (Lipinski definition) is 1. The van der Waals surface area contributed by atoms with Crippen molar-refractivity contribution in [3.8, 4) is 0 Å². The number of thiophene rings is 2. The summed E-state index contributed by atoms with van der Waals surface area (Å²) in [7, 11) is 0. The van der Waals surface area contributed by atoms with Crippen LogP contribution < -0.4 is 10.3 Å². The van der Waals surface area contributed by atoms with Gasteiger partial charge in [-0.25, -0.2) is 5.43 Å². The predicted molar refractivity (Wildman–Crippen MR) is 89.8 cm³/mol. The van der Waals surface area contributed by atoms with E-state index in [0.717, 1.165) is 18.0 Å². The summed E-state index contributed by atoms with van der Waals surface area (Å²) < 4.78 is 0. The smallest absolute Gasteiger partial charge is 0.281 e. The maximum absolute atomic E-state index is 11.7. The Morgan fingerprint density at radius 1 is 1.24 bits per heavy atom. The van der Waals surface area contributed by atoms with Gasteiger partial charge in [0.1, 0.15) is 0 Å². The molecule has 0 aromatic carbocycles. The van der Waals surface area contributed by atoms with Gasteiger partial charge in [-0.3, -0.25) is 4.79 Å². The molecule has 1 aliphatic heterocycles. The highest BCUT2D eigenvalue weighted by molar-refractivity contribution is 7.17. The van der Waals surface area contributed by atoms with Crippen molar-refractivity contribution in [3.05, 3.63) is 39.4 Å².